The van der Waals surface area contributed by atoms with Crippen molar-refractivity contribution in [3.63, 3.8) is 0 Å². The SMILES string of the molecule is CC(C)(C)OC(=O)N1CCC(c2cc3c(c(-c4nccn4COCSC(C)(C)C)n2)OCc2c(N4CCOCC4)ccnc2N3C(=O)OC(C)(C)C)CC1. The zero-order valence-corrected chi connectivity index (χ0v) is 34.0. The summed E-state index contributed by atoms with van der Waals surface area (Å²) in [5.41, 5.74) is 1.97. The highest BCUT2D eigenvalue weighted by Gasteiger charge is 2.38. The molecule has 294 valence electrons. The minimum Gasteiger partial charge on any atom is -0.484 e. The van der Waals surface area contributed by atoms with Crippen molar-refractivity contribution in [2.24, 2.45) is 0 Å². The summed E-state index contributed by atoms with van der Waals surface area (Å²) in [4.78, 5) is 47.8. The molecule has 54 heavy (non-hydrogen) atoms. The van der Waals surface area contributed by atoms with Crippen LogP contribution in [0.4, 0.5) is 26.8 Å². The summed E-state index contributed by atoms with van der Waals surface area (Å²) in [6, 6.07) is 3.87. The normalized spacial score (nSPS) is 17.0. The standard InChI is InChI=1S/C39H55N7O7S/c1-37(2,3)52-35(47)44-15-11-26(12-16-44)28-22-30-32(31(42-28)34-41-14-17-45(34)24-50-25-54-39(7,8)9)51-23-27-29(43-18-20-49-21-19-43)10-13-40-33(27)46(30)36(48)53-38(4,5)6/h10,13-14,17,22,26H,11-12,15-16,18-21,23-25H2,1-9H3. The van der Waals surface area contributed by atoms with Gasteiger partial charge in [0.05, 0.1) is 24.7 Å². The number of amides is 2. The van der Waals surface area contributed by atoms with Gasteiger partial charge in [0.25, 0.3) is 0 Å². The minimum atomic E-state index is -0.793. The molecule has 0 spiro atoms. The van der Waals surface area contributed by atoms with Crippen molar-refractivity contribution < 1.29 is 33.3 Å². The number of thioether (sulfide) groups is 1. The third-order valence-electron chi connectivity index (χ3n) is 9.02. The Balaban J connectivity index is 1.45. The molecule has 3 aromatic rings. The van der Waals surface area contributed by atoms with E-state index >= 15 is 0 Å². The summed E-state index contributed by atoms with van der Waals surface area (Å²) >= 11 is 1.71. The molecule has 2 fully saturated rings. The molecule has 2 saturated heterocycles. The summed E-state index contributed by atoms with van der Waals surface area (Å²) in [7, 11) is 0. The fraction of sp³-hybridized carbons (Fsp3) is 0.615. The Bertz CT molecular complexity index is 1800. The number of pyridine rings is 2. The van der Waals surface area contributed by atoms with E-state index in [0.29, 0.717) is 86.9 Å². The largest absolute Gasteiger partial charge is 0.484 e. The molecule has 3 aromatic heterocycles. The lowest BCUT2D eigenvalue weighted by atomic mass is 9.92. The Morgan fingerprint density at radius 2 is 1.57 bits per heavy atom. The fourth-order valence-electron chi connectivity index (χ4n) is 6.53. The molecule has 0 atom stereocenters. The van der Waals surface area contributed by atoms with Gasteiger partial charge in [0.2, 0.25) is 0 Å². The molecule has 2 amide bonds. The van der Waals surface area contributed by atoms with Crippen molar-refractivity contribution in [2.45, 2.75) is 110 Å². The first kappa shape index (κ1) is 39.6. The number of rotatable bonds is 7. The molecule has 15 heteroatoms. The number of morpholine rings is 1. The number of aromatic nitrogens is 4. The van der Waals surface area contributed by atoms with Crippen molar-refractivity contribution in [1.29, 1.82) is 0 Å². The van der Waals surface area contributed by atoms with E-state index in [0.717, 1.165) is 16.9 Å². The van der Waals surface area contributed by atoms with Gasteiger partial charge in [-0.1, -0.05) is 20.8 Å². The fourth-order valence-corrected chi connectivity index (χ4v) is 7.04. The first-order chi connectivity index (χ1) is 25.5. The molecule has 0 saturated carbocycles. The van der Waals surface area contributed by atoms with Crippen molar-refractivity contribution in [2.75, 3.05) is 55.1 Å². The van der Waals surface area contributed by atoms with Crippen molar-refractivity contribution in [3.05, 3.63) is 42.0 Å². The maximum Gasteiger partial charge on any atom is 0.420 e. The molecule has 6 rings (SSSR count). The van der Waals surface area contributed by atoms with Crippen LogP contribution >= 0.6 is 11.8 Å². The van der Waals surface area contributed by atoms with E-state index in [9.17, 15) is 9.59 Å². The average Bonchev–Trinajstić information content (AvgIpc) is 3.49. The molecule has 0 aromatic carbocycles. The number of hydrogen-bond donors (Lipinski definition) is 0. The highest BCUT2D eigenvalue weighted by Crippen LogP contribution is 2.47. The molecule has 3 aliphatic heterocycles. The first-order valence-electron chi connectivity index (χ1n) is 18.7. The number of fused-ring (bicyclic) bond motifs is 2. The average molecular weight is 766 g/mol. The second-order valence-electron chi connectivity index (χ2n) is 16.8. The van der Waals surface area contributed by atoms with Gasteiger partial charge in [-0.25, -0.2) is 29.4 Å². The highest BCUT2D eigenvalue weighted by molar-refractivity contribution is 8.00. The predicted octanol–water partition coefficient (Wildman–Crippen LogP) is 7.72. The Hall–Kier alpha value is -4.08. The molecule has 6 heterocycles. The smallest absolute Gasteiger partial charge is 0.420 e. The summed E-state index contributed by atoms with van der Waals surface area (Å²) in [6.45, 7) is 21.5. The number of imidazole rings is 1. The van der Waals surface area contributed by atoms with Crippen molar-refractivity contribution in [3.8, 4) is 17.3 Å². The Morgan fingerprint density at radius 1 is 0.889 bits per heavy atom. The van der Waals surface area contributed by atoms with E-state index in [1.807, 2.05) is 64.4 Å². The molecular weight excluding hydrogens is 711 g/mol. The number of ether oxygens (including phenoxy) is 5. The zero-order valence-electron chi connectivity index (χ0n) is 33.1. The van der Waals surface area contributed by atoms with Crippen LogP contribution in [0, 0.1) is 0 Å². The summed E-state index contributed by atoms with van der Waals surface area (Å²) in [5, 5.41) is 0. The van der Waals surface area contributed by atoms with Crippen LogP contribution in [0.2, 0.25) is 0 Å². The number of nitrogens with zero attached hydrogens (tertiary/aromatic N) is 7. The lowest BCUT2D eigenvalue weighted by Crippen LogP contribution is -2.41. The van der Waals surface area contributed by atoms with E-state index < -0.39 is 17.3 Å². The second-order valence-corrected chi connectivity index (χ2v) is 18.5. The Morgan fingerprint density at radius 3 is 2.24 bits per heavy atom. The lowest BCUT2D eigenvalue weighted by molar-refractivity contribution is 0.0203. The number of anilines is 3. The van der Waals surface area contributed by atoms with Gasteiger partial charge in [0.1, 0.15) is 30.2 Å². The second kappa shape index (κ2) is 16.0. The number of piperidine rings is 1. The van der Waals surface area contributed by atoms with Gasteiger partial charge in [-0.15, -0.1) is 11.8 Å². The zero-order chi connectivity index (χ0) is 38.8. The minimum absolute atomic E-state index is 0.0357. The van der Waals surface area contributed by atoms with Gasteiger partial charge in [-0.05, 0) is 66.5 Å². The molecular formula is C39H55N7O7S. The van der Waals surface area contributed by atoms with Gasteiger partial charge < -0.3 is 38.1 Å². The van der Waals surface area contributed by atoms with Crippen molar-refractivity contribution in [1.82, 2.24) is 24.4 Å². The molecule has 14 nitrogen and oxygen atoms in total. The van der Waals surface area contributed by atoms with E-state index in [4.69, 9.17) is 38.6 Å². The third-order valence-corrected chi connectivity index (χ3v) is 10.2. The van der Waals surface area contributed by atoms with Crippen LogP contribution in [0.1, 0.15) is 92.3 Å². The van der Waals surface area contributed by atoms with Crippen LogP contribution in [0.15, 0.2) is 30.7 Å². The van der Waals surface area contributed by atoms with Gasteiger partial charge >= 0.3 is 12.2 Å². The predicted molar refractivity (Wildman–Crippen MR) is 209 cm³/mol. The molecule has 0 unspecified atom stereocenters. The van der Waals surface area contributed by atoms with Gasteiger partial charge in [0.15, 0.2) is 23.1 Å². The molecule has 3 aliphatic rings. The Labute approximate surface area is 322 Å². The van der Waals surface area contributed by atoms with Crippen LogP contribution < -0.4 is 14.5 Å². The topological polar surface area (TPSA) is 134 Å². The summed E-state index contributed by atoms with van der Waals surface area (Å²) < 4.78 is 32.2. The van der Waals surface area contributed by atoms with Crippen LogP contribution in [-0.2, 0) is 32.3 Å². The van der Waals surface area contributed by atoms with E-state index in [1.54, 1.807) is 29.1 Å². The Kier molecular flexibility index (Phi) is 11.7. The van der Waals surface area contributed by atoms with Crippen LogP contribution in [0.25, 0.3) is 11.5 Å². The van der Waals surface area contributed by atoms with Crippen molar-refractivity contribution >= 4 is 41.1 Å². The van der Waals surface area contributed by atoms with Gasteiger partial charge in [0, 0.05) is 66.8 Å². The van der Waals surface area contributed by atoms with Gasteiger partial charge in [-0.3, -0.25) is 0 Å². The molecule has 0 aliphatic carbocycles. The molecule has 0 bridgehead atoms. The quantitative estimate of drug-likeness (QED) is 0.172. The molecule has 0 N–H and O–H groups in total. The summed E-state index contributed by atoms with van der Waals surface area (Å²) in [6.07, 6.45) is 5.67. The number of likely N-dealkylation sites (tertiary alicyclic amines) is 1. The maximum atomic E-state index is 14.5. The summed E-state index contributed by atoms with van der Waals surface area (Å²) in [5.74, 6) is 1.82. The lowest BCUT2D eigenvalue weighted by Gasteiger charge is -2.34. The van der Waals surface area contributed by atoms with E-state index in [2.05, 4.69) is 25.7 Å². The van der Waals surface area contributed by atoms with E-state index in [1.165, 1.54) is 4.90 Å². The third kappa shape index (κ3) is 9.58. The number of carbonyl (C=O) groups excluding carboxylic acids is 2. The number of carbonyl (C=O) groups is 2. The number of hydrogen-bond acceptors (Lipinski definition) is 12. The van der Waals surface area contributed by atoms with E-state index in [-0.39, 0.29) is 30.1 Å². The molecule has 0 radical (unpaired) electrons. The van der Waals surface area contributed by atoms with Crippen LogP contribution in [0.3, 0.4) is 0 Å². The first-order valence-corrected chi connectivity index (χ1v) is 19.7. The van der Waals surface area contributed by atoms with Crippen LogP contribution in [-0.4, -0.2) is 97.9 Å². The maximum absolute atomic E-state index is 14.5. The monoisotopic (exact) mass is 765 g/mol. The highest BCUT2D eigenvalue weighted by atomic mass is 32.2. The van der Waals surface area contributed by atoms with Crippen LogP contribution in [0.5, 0.6) is 5.75 Å². The van der Waals surface area contributed by atoms with Gasteiger partial charge in [-0.2, -0.15) is 0 Å².